The number of hydrogen-bond acceptors (Lipinski definition) is 4. The lowest BCUT2D eigenvalue weighted by Crippen LogP contribution is -2.58. The summed E-state index contributed by atoms with van der Waals surface area (Å²) in [5.41, 5.74) is 0.523. The molecule has 5 nitrogen and oxygen atoms in total. The first-order valence-corrected chi connectivity index (χ1v) is 9.75. The van der Waals surface area contributed by atoms with Gasteiger partial charge in [-0.3, -0.25) is 4.79 Å². The molecule has 2 atom stereocenters. The third-order valence-corrected chi connectivity index (χ3v) is 7.08. The Hall–Kier alpha value is -0.980. The minimum absolute atomic E-state index is 0.0611. The van der Waals surface area contributed by atoms with Gasteiger partial charge in [-0.15, -0.1) is 11.3 Å². The Kier molecular flexibility index (Phi) is 4.17. The molecule has 5 rings (SSSR count). The molecule has 1 amide bonds. The molecule has 4 fully saturated rings. The van der Waals surface area contributed by atoms with Crippen molar-refractivity contribution >= 4 is 17.2 Å². The number of rotatable bonds is 4. The number of aromatic nitrogens is 1. The Labute approximate surface area is 146 Å². The van der Waals surface area contributed by atoms with E-state index in [1.54, 1.807) is 18.4 Å². The highest BCUT2D eigenvalue weighted by molar-refractivity contribution is 7.09. The van der Waals surface area contributed by atoms with Gasteiger partial charge in [-0.05, 0) is 57.8 Å². The summed E-state index contributed by atoms with van der Waals surface area (Å²) in [6.45, 7) is 5.49. The molecule has 2 saturated carbocycles. The highest BCUT2D eigenvalue weighted by atomic mass is 32.1. The zero-order valence-electron chi connectivity index (χ0n) is 14.7. The topological polar surface area (TPSA) is 52.8 Å². The van der Waals surface area contributed by atoms with Crippen LogP contribution in [0.25, 0.3) is 0 Å². The van der Waals surface area contributed by atoms with Crippen LogP contribution in [0.2, 0.25) is 0 Å². The van der Waals surface area contributed by atoms with Crippen molar-refractivity contribution in [1.82, 2.24) is 4.57 Å². The molecule has 6 heteroatoms. The summed E-state index contributed by atoms with van der Waals surface area (Å²) in [4.78, 5) is 19.6. The number of nitrogens with zero attached hydrogens (tertiary/aromatic N) is 2. The zero-order valence-corrected chi connectivity index (χ0v) is 15.5. The van der Waals surface area contributed by atoms with Gasteiger partial charge in [0.15, 0.2) is 4.80 Å². The summed E-state index contributed by atoms with van der Waals surface area (Å²) in [6.07, 6.45) is 5.56. The Balaban J connectivity index is 1.66. The first-order chi connectivity index (χ1) is 11.5. The third kappa shape index (κ3) is 2.68. The Morgan fingerprint density at radius 2 is 2.04 bits per heavy atom. The molecule has 3 heterocycles. The molecule has 2 aliphatic heterocycles. The van der Waals surface area contributed by atoms with Crippen LogP contribution >= 0.6 is 11.3 Å². The van der Waals surface area contributed by atoms with Gasteiger partial charge in [-0.25, -0.2) is 0 Å². The number of carbonyl (C=O) groups is 1. The number of methoxy groups -OCH3 is 1. The molecule has 2 unspecified atom stereocenters. The van der Waals surface area contributed by atoms with E-state index in [2.05, 4.69) is 23.4 Å². The van der Waals surface area contributed by atoms with Crippen molar-refractivity contribution in [2.75, 3.05) is 13.7 Å². The number of ether oxygens (including phenoxy) is 2. The largest absolute Gasteiger partial charge is 0.383 e. The van der Waals surface area contributed by atoms with Gasteiger partial charge in [-0.2, -0.15) is 4.99 Å². The van der Waals surface area contributed by atoms with Gasteiger partial charge in [0.05, 0.1) is 12.7 Å². The van der Waals surface area contributed by atoms with E-state index in [9.17, 15) is 4.79 Å². The normalized spacial score (nSPS) is 35.0. The fraction of sp³-hybridized carbons (Fsp3) is 0.778. The number of amides is 1. The molecule has 0 aromatic carbocycles. The second-order valence-electron chi connectivity index (χ2n) is 7.67. The molecule has 0 radical (unpaired) electrons. The minimum atomic E-state index is -0.639. The van der Waals surface area contributed by atoms with Crippen molar-refractivity contribution < 1.29 is 14.3 Å². The van der Waals surface area contributed by atoms with Crippen molar-refractivity contribution in [3.63, 3.8) is 0 Å². The van der Waals surface area contributed by atoms with Gasteiger partial charge in [-0.1, -0.05) is 0 Å². The van der Waals surface area contributed by atoms with Crippen LogP contribution in [0, 0.1) is 25.7 Å². The average Bonchev–Trinajstić information content (AvgIpc) is 2.78. The molecular weight excluding hydrogens is 324 g/mol. The summed E-state index contributed by atoms with van der Waals surface area (Å²) in [6, 6.07) is 0. The van der Waals surface area contributed by atoms with Crippen molar-refractivity contribution in [2.24, 2.45) is 16.8 Å². The van der Waals surface area contributed by atoms with E-state index >= 15 is 0 Å². The summed E-state index contributed by atoms with van der Waals surface area (Å²) < 4.78 is 13.5. The summed E-state index contributed by atoms with van der Waals surface area (Å²) in [7, 11) is 1.69. The standard InChI is InChI=1S/C18H26N2O3S/c1-11-12(2)24-17(20(11)4-5-22-3)19-16(21)18-9-13-6-14(10-18)8-15(7-13)23-18/h13-15H,4-10H2,1-3H3/b19-17-. The van der Waals surface area contributed by atoms with Crippen LogP contribution in [0.5, 0.6) is 0 Å². The maximum atomic E-state index is 13.1. The van der Waals surface area contributed by atoms with Crippen molar-refractivity contribution in [1.29, 1.82) is 0 Å². The fourth-order valence-electron chi connectivity index (χ4n) is 4.91. The highest BCUT2D eigenvalue weighted by Gasteiger charge is 2.56. The molecule has 2 saturated heterocycles. The van der Waals surface area contributed by atoms with E-state index in [0.717, 1.165) is 42.7 Å². The van der Waals surface area contributed by atoms with Crippen LogP contribution in [0.15, 0.2) is 4.99 Å². The van der Waals surface area contributed by atoms with Gasteiger partial charge >= 0.3 is 0 Å². The molecule has 4 aliphatic rings. The number of aryl methyl sites for hydroxylation is 1. The lowest BCUT2D eigenvalue weighted by atomic mass is 9.62. The highest BCUT2D eigenvalue weighted by Crippen LogP contribution is 2.53. The first-order valence-electron chi connectivity index (χ1n) is 8.93. The zero-order chi connectivity index (χ0) is 16.9. The van der Waals surface area contributed by atoms with Gasteiger partial charge < -0.3 is 14.0 Å². The van der Waals surface area contributed by atoms with Crippen LogP contribution < -0.4 is 4.80 Å². The van der Waals surface area contributed by atoms with Crippen molar-refractivity contribution in [2.45, 2.75) is 64.2 Å². The SMILES string of the molecule is COCCn1c(C)c(C)s/c1=N\C(=O)C12CC3CC(CC(C3)O1)C2. The summed E-state index contributed by atoms with van der Waals surface area (Å²) >= 11 is 1.59. The molecular formula is C18H26N2O3S. The fourth-order valence-corrected chi connectivity index (χ4v) is 5.91. The second kappa shape index (κ2) is 6.07. The monoisotopic (exact) mass is 350 g/mol. The van der Waals surface area contributed by atoms with Gasteiger partial charge in [0.25, 0.3) is 5.91 Å². The van der Waals surface area contributed by atoms with Crippen LogP contribution in [0.1, 0.15) is 42.7 Å². The molecule has 1 aromatic rings. The number of thiazole rings is 1. The Morgan fingerprint density at radius 1 is 1.33 bits per heavy atom. The lowest BCUT2D eigenvalue weighted by molar-refractivity contribution is -0.216. The summed E-state index contributed by atoms with van der Waals surface area (Å²) in [5.74, 6) is 1.25. The van der Waals surface area contributed by atoms with Crippen LogP contribution in [-0.4, -0.2) is 35.9 Å². The van der Waals surface area contributed by atoms with E-state index in [-0.39, 0.29) is 12.0 Å². The number of carbonyl (C=O) groups excluding carboxylic acids is 1. The average molecular weight is 350 g/mol. The van der Waals surface area contributed by atoms with Gasteiger partial charge in [0.2, 0.25) is 0 Å². The quantitative estimate of drug-likeness (QED) is 0.839. The molecule has 0 N–H and O–H groups in total. The van der Waals surface area contributed by atoms with E-state index in [4.69, 9.17) is 9.47 Å². The maximum absolute atomic E-state index is 13.1. The number of hydrogen-bond donors (Lipinski definition) is 0. The van der Waals surface area contributed by atoms with E-state index in [0.29, 0.717) is 18.4 Å². The van der Waals surface area contributed by atoms with Crippen LogP contribution in [0.3, 0.4) is 0 Å². The molecule has 24 heavy (non-hydrogen) atoms. The molecule has 2 aliphatic carbocycles. The van der Waals surface area contributed by atoms with Crippen molar-refractivity contribution in [3.05, 3.63) is 15.4 Å². The first kappa shape index (κ1) is 16.5. The maximum Gasteiger partial charge on any atom is 0.280 e. The smallest absolute Gasteiger partial charge is 0.280 e. The predicted molar refractivity (Wildman–Crippen MR) is 91.9 cm³/mol. The van der Waals surface area contributed by atoms with Crippen LogP contribution in [0.4, 0.5) is 0 Å². The molecule has 4 bridgehead atoms. The minimum Gasteiger partial charge on any atom is -0.383 e. The Bertz CT molecular complexity index is 683. The predicted octanol–water partition coefficient (Wildman–Crippen LogP) is 2.59. The summed E-state index contributed by atoms with van der Waals surface area (Å²) in [5, 5.41) is 0. The van der Waals surface area contributed by atoms with Crippen LogP contribution in [-0.2, 0) is 20.8 Å². The lowest BCUT2D eigenvalue weighted by Gasteiger charge is -2.54. The second-order valence-corrected chi connectivity index (χ2v) is 8.85. The Morgan fingerprint density at radius 3 is 2.67 bits per heavy atom. The molecule has 1 aromatic heterocycles. The van der Waals surface area contributed by atoms with E-state index in [1.165, 1.54) is 11.3 Å². The third-order valence-electron chi connectivity index (χ3n) is 5.98. The van der Waals surface area contributed by atoms with E-state index in [1.807, 2.05) is 0 Å². The van der Waals surface area contributed by atoms with E-state index < -0.39 is 5.60 Å². The van der Waals surface area contributed by atoms with Crippen molar-refractivity contribution in [3.8, 4) is 0 Å². The molecule has 0 spiro atoms. The van der Waals surface area contributed by atoms with Gasteiger partial charge in [0.1, 0.15) is 5.60 Å². The van der Waals surface area contributed by atoms with Gasteiger partial charge in [0, 0.05) is 24.2 Å². The molecule has 132 valence electrons.